The van der Waals surface area contributed by atoms with Crippen LogP contribution in [0, 0.1) is 5.92 Å². The van der Waals surface area contributed by atoms with Crippen molar-refractivity contribution in [2.75, 3.05) is 6.54 Å². The van der Waals surface area contributed by atoms with Crippen LogP contribution in [-0.4, -0.2) is 44.5 Å². The van der Waals surface area contributed by atoms with Gasteiger partial charge in [-0.15, -0.1) is 0 Å². The molecule has 1 aliphatic heterocycles. The molecule has 2 fully saturated rings. The minimum atomic E-state index is -0.402. The summed E-state index contributed by atoms with van der Waals surface area (Å²) < 4.78 is 0. The number of amides is 2. The molecule has 20 heavy (non-hydrogen) atoms. The Morgan fingerprint density at radius 3 is 2.80 bits per heavy atom. The van der Waals surface area contributed by atoms with Crippen LogP contribution in [0.25, 0.3) is 0 Å². The Labute approximate surface area is 114 Å². The van der Waals surface area contributed by atoms with Crippen LogP contribution >= 0.6 is 0 Å². The number of H-pyrrole nitrogens is 2. The molecule has 2 aliphatic rings. The molecule has 3 N–H and O–H groups in total. The van der Waals surface area contributed by atoms with Crippen LogP contribution in [0.1, 0.15) is 31.5 Å². The molecule has 0 radical (unpaired) electrons. The molecule has 0 unspecified atom stereocenters. The van der Waals surface area contributed by atoms with Gasteiger partial charge in [0.1, 0.15) is 11.9 Å². The largest absolute Gasteiger partial charge is 0.347 e. The molecular weight excluding hydrogens is 262 g/mol. The number of aromatic amines is 2. The van der Waals surface area contributed by atoms with Crippen molar-refractivity contribution in [3.05, 3.63) is 16.3 Å². The van der Waals surface area contributed by atoms with E-state index >= 15 is 0 Å². The standard InChI is InChI=1S/C12H17N5O3/c18-10(13-6-9-14-12(20)16-15-9)8-2-1-5-17(8)11(19)7-3-4-7/h7-8H,1-6H2,(H,13,18)(H2,14,15,16,20)/t8-/m0/s1. The Hall–Kier alpha value is -2.12. The normalized spacial score (nSPS) is 22.0. The van der Waals surface area contributed by atoms with Gasteiger partial charge in [-0.3, -0.25) is 14.6 Å². The van der Waals surface area contributed by atoms with Crippen molar-refractivity contribution in [1.29, 1.82) is 0 Å². The molecule has 1 aromatic rings. The second-order valence-corrected chi connectivity index (χ2v) is 5.31. The number of aromatic nitrogens is 3. The van der Waals surface area contributed by atoms with E-state index in [1.54, 1.807) is 4.90 Å². The van der Waals surface area contributed by atoms with Gasteiger partial charge in [-0.2, -0.15) is 5.10 Å². The minimum absolute atomic E-state index is 0.107. The fourth-order valence-electron chi connectivity index (χ4n) is 2.55. The molecule has 0 spiro atoms. The zero-order chi connectivity index (χ0) is 14.1. The van der Waals surface area contributed by atoms with Crippen LogP contribution < -0.4 is 11.0 Å². The van der Waals surface area contributed by atoms with Gasteiger partial charge < -0.3 is 10.2 Å². The predicted molar refractivity (Wildman–Crippen MR) is 68.5 cm³/mol. The average Bonchev–Trinajstić information content (AvgIpc) is 3.02. The molecule has 108 valence electrons. The molecule has 2 heterocycles. The summed E-state index contributed by atoms with van der Waals surface area (Å²) in [6, 6.07) is -0.381. The van der Waals surface area contributed by atoms with E-state index in [4.69, 9.17) is 0 Å². The molecule has 2 amide bonds. The zero-order valence-electron chi connectivity index (χ0n) is 11.0. The third kappa shape index (κ3) is 2.59. The van der Waals surface area contributed by atoms with Gasteiger partial charge >= 0.3 is 5.69 Å². The predicted octanol–water partition coefficient (Wildman–Crippen LogP) is -0.885. The Kier molecular flexibility index (Phi) is 3.29. The van der Waals surface area contributed by atoms with Gasteiger partial charge in [0.2, 0.25) is 11.8 Å². The van der Waals surface area contributed by atoms with Crippen LogP contribution in [0.15, 0.2) is 4.79 Å². The molecule has 8 heteroatoms. The highest BCUT2D eigenvalue weighted by Crippen LogP contribution is 2.33. The monoisotopic (exact) mass is 279 g/mol. The van der Waals surface area contributed by atoms with Gasteiger partial charge in [0, 0.05) is 12.5 Å². The maximum Gasteiger partial charge on any atom is 0.340 e. The first-order valence-corrected chi connectivity index (χ1v) is 6.87. The summed E-state index contributed by atoms with van der Waals surface area (Å²) in [5.41, 5.74) is -0.402. The van der Waals surface area contributed by atoms with E-state index in [1.165, 1.54) is 0 Å². The van der Waals surface area contributed by atoms with E-state index in [0.717, 1.165) is 19.3 Å². The second-order valence-electron chi connectivity index (χ2n) is 5.31. The highest BCUT2D eigenvalue weighted by Gasteiger charge is 2.40. The maximum atomic E-state index is 12.1. The SMILES string of the molecule is O=C(NCc1n[nH]c(=O)[nH]1)[C@@H]1CCCN1C(=O)C1CC1. The van der Waals surface area contributed by atoms with Crippen molar-refractivity contribution in [2.24, 2.45) is 5.92 Å². The first-order valence-electron chi connectivity index (χ1n) is 6.87. The topological polar surface area (TPSA) is 111 Å². The summed E-state index contributed by atoms with van der Waals surface area (Å²) in [5, 5.41) is 8.67. The summed E-state index contributed by atoms with van der Waals surface area (Å²) in [5.74, 6) is 0.434. The van der Waals surface area contributed by atoms with E-state index in [0.29, 0.717) is 18.8 Å². The summed E-state index contributed by atoms with van der Waals surface area (Å²) in [6.45, 7) is 0.812. The van der Waals surface area contributed by atoms with E-state index in [1.807, 2.05) is 0 Å². The summed E-state index contributed by atoms with van der Waals surface area (Å²) in [6.07, 6.45) is 3.44. The van der Waals surface area contributed by atoms with E-state index in [9.17, 15) is 14.4 Å². The number of nitrogens with one attached hydrogen (secondary N) is 3. The minimum Gasteiger partial charge on any atom is -0.347 e. The van der Waals surface area contributed by atoms with Gasteiger partial charge in [-0.05, 0) is 25.7 Å². The van der Waals surface area contributed by atoms with Gasteiger partial charge in [0.25, 0.3) is 0 Å². The Balaban J connectivity index is 1.58. The van der Waals surface area contributed by atoms with Crippen LogP contribution in [0.5, 0.6) is 0 Å². The first kappa shape index (κ1) is 12.9. The molecule has 1 aliphatic carbocycles. The third-order valence-electron chi connectivity index (χ3n) is 3.75. The number of hydrogen-bond donors (Lipinski definition) is 3. The van der Waals surface area contributed by atoms with Gasteiger partial charge in [-0.1, -0.05) is 0 Å². The highest BCUT2D eigenvalue weighted by atomic mass is 16.2. The molecule has 0 aromatic carbocycles. The zero-order valence-corrected chi connectivity index (χ0v) is 11.0. The number of nitrogens with zero attached hydrogens (tertiary/aromatic N) is 2. The van der Waals surface area contributed by atoms with E-state index in [-0.39, 0.29) is 30.3 Å². The molecule has 1 aromatic heterocycles. The number of rotatable bonds is 4. The van der Waals surface area contributed by atoms with Crippen LogP contribution in [0.3, 0.4) is 0 Å². The second kappa shape index (κ2) is 5.10. The number of carbonyl (C=O) groups excluding carboxylic acids is 2. The smallest absolute Gasteiger partial charge is 0.340 e. The highest BCUT2D eigenvalue weighted by molar-refractivity contribution is 5.89. The van der Waals surface area contributed by atoms with Crippen molar-refractivity contribution >= 4 is 11.8 Å². The lowest BCUT2D eigenvalue weighted by atomic mass is 10.2. The van der Waals surface area contributed by atoms with Crippen molar-refractivity contribution in [1.82, 2.24) is 25.4 Å². The lowest BCUT2D eigenvalue weighted by Crippen LogP contribution is -2.46. The van der Waals surface area contributed by atoms with Gasteiger partial charge in [-0.25, -0.2) is 9.89 Å². The molecule has 8 nitrogen and oxygen atoms in total. The third-order valence-corrected chi connectivity index (χ3v) is 3.75. The molecule has 1 atom stereocenters. The van der Waals surface area contributed by atoms with Crippen molar-refractivity contribution < 1.29 is 9.59 Å². The molecule has 1 saturated heterocycles. The van der Waals surface area contributed by atoms with Crippen LogP contribution in [0.4, 0.5) is 0 Å². The van der Waals surface area contributed by atoms with Crippen LogP contribution in [0.2, 0.25) is 0 Å². The lowest BCUT2D eigenvalue weighted by Gasteiger charge is -2.23. The molecule has 0 bridgehead atoms. The quantitative estimate of drug-likeness (QED) is 0.664. The summed E-state index contributed by atoms with van der Waals surface area (Å²) >= 11 is 0. The average molecular weight is 279 g/mol. The molecular formula is C12H17N5O3. The molecule has 3 rings (SSSR count). The lowest BCUT2D eigenvalue weighted by molar-refractivity contribution is -0.139. The van der Waals surface area contributed by atoms with Crippen molar-refractivity contribution in [2.45, 2.75) is 38.3 Å². The Morgan fingerprint density at radius 1 is 1.35 bits per heavy atom. The first-order chi connectivity index (χ1) is 9.65. The van der Waals surface area contributed by atoms with Crippen molar-refractivity contribution in [3.63, 3.8) is 0 Å². The maximum absolute atomic E-state index is 12.1. The van der Waals surface area contributed by atoms with Crippen LogP contribution in [-0.2, 0) is 16.1 Å². The number of carbonyl (C=O) groups is 2. The number of likely N-dealkylation sites (tertiary alicyclic amines) is 1. The van der Waals surface area contributed by atoms with E-state index in [2.05, 4.69) is 20.5 Å². The fraction of sp³-hybridized carbons (Fsp3) is 0.667. The van der Waals surface area contributed by atoms with E-state index < -0.39 is 5.69 Å². The summed E-state index contributed by atoms with van der Waals surface area (Å²) in [7, 11) is 0. The Bertz CT molecular complexity index is 574. The fourth-order valence-corrected chi connectivity index (χ4v) is 2.55. The molecule has 1 saturated carbocycles. The van der Waals surface area contributed by atoms with Gasteiger partial charge in [0.15, 0.2) is 0 Å². The Morgan fingerprint density at radius 2 is 2.15 bits per heavy atom. The summed E-state index contributed by atoms with van der Waals surface area (Å²) in [4.78, 5) is 39.3. The number of hydrogen-bond acceptors (Lipinski definition) is 4. The van der Waals surface area contributed by atoms with Gasteiger partial charge in [0.05, 0.1) is 6.54 Å². The van der Waals surface area contributed by atoms with Crippen molar-refractivity contribution in [3.8, 4) is 0 Å².